The molecule has 0 aromatic carbocycles. The molecule has 4 fully saturated rings. The Morgan fingerprint density at radius 2 is 1.68 bits per heavy atom. The average Bonchev–Trinajstić information content (AvgIpc) is 2.35. The van der Waals surface area contributed by atoms with Crippen LogP contribution in [0.2, 0.25) is 0 Å². The van der Waals surface area contributed by atoms with Crippen LogP contribution in [-0.4, -0.2) is 16.4 Å². The molecule has 4 aliphatic carbocycles. The SMILES string of the molecule is CCC(C)(Cl)C(=O)OC1(C)C2CC3CC(C2)CC1C3. The second-order valence-corrected chi connectivity index (χ2v) is 8.26. The van der Waals surface area contributed by atoms with Crippen molar-refractivity contribution in [2.75, 3.05) is 0 Å². The van der Waals surface area contributed by atoms with Gasteiger partial charge in [-0.15, -0.1) is 11.6 Å². The van der Waals surface area contributed by atoms with Crippen LogP contribution in [0.5, 0.6) is 0 Å². The summed E-state index contributed by atoms with van der Waals surface area (Å²) in [7, 11) is 0. The maximum absolute atomic E-state index is 12.3. The minimum atomic E-state index is -0.863. The molecule has 0 saturated heterocycles. The third kappa shape index (κ3) is 2.11. The molecule has 4 saturated carbocycles. The van der Waals surface area contributed by atoms with Gasteiger partial charge in [0.05, 0.1) is 0 Å². The molecule has 4 aliphatic rings. The average molecular weight is 285 g/mol. The van der Waals surface area contributed by atoms with E-state index in [2.05, 4.69) is 6.92 Å². The van der Waals surface area contributed by atoms with E-state index in [1.165, 1.54) is 32.1 Å². The zero-order valence-corrected chi connectivity index (χ0v) is 13.0. The van der Waals surface area contributed by atoms with Crippen LogP contribution in [0.15, 0.2) is 0 Å². The predicted octanol–water partition coefficient (Wildman–Crippen LogP) is 4.15. The van der Waals surface area contributed by atoms with E-state index in [0.29, 0.717) is 18.3 Å². The molecule has 108 valence electrons. The van der Waals surface area contributed by atoms with Gasteiger partial charge in [0.25, 0.3) is 0 Å². The van der Waals surface area contributed by atoms with Crippen molar-refractivity contribution in [1.82, 2.24) is 0 Å². The van der Waals surface area contributed by atoms with E-state index in [4.69, 9.17) is 16.3 Å². The zero-order chi connectivity index (χ0) is 13.8. The lowest BCUT2D eigenvalue weighted by atomic mass is 9.50. The van der Waals surface area contributed by atoms with Gasteiger partial charge in [-0.25, -0.2) is 0 Å². The molecular weight excluding hydrogens is 260 g/mol. The van der Waals surface area contributed by atoms with Gasteiger partial charge in [-0.2, -0.15) is 0 Å². The highest BCUT2D eigenvalue weighted by Crippen LogP contribution is 2.59. The molecule has 1 unspecified atom stereocenters. The Labute approximate surface area is 121 Å². The fraction of sp³-hybridized carbons (Fsp3) is 0.938. The number of hydrogen-bond acceptors (Lipinski definition) is 2. The molecule has 0 radical (unpaired) electrons. The van der Waals surface area contributed by atoms with E-state index in [1.807, 2.05) is 6.92 Å². The topological polar surface area (TPSA) is 26.3 Å². The summed E-state index contributed by atoms with van der Waals surface area (Å²) in [4.78, 5) is 11.5. The number of ether oxygens (including phenoxy) is 1. The summed E-state index contributed by atoms with van der Waals surface area (Å²) in [5.41, 5.74) is -0.254. The highest BCUT2D eigenvalue weighted by molar-refractivity contribution is 6.33. The first-order chi connectivity index (χ1) is 8.85. The standard InChI is InChI=1S/C16H25ClO2/c1-4-15(2,17)14(18)19-16(3)12-6-10-5-11(8-12)9-13(16)7-10/h10-13H,4-9H2,1-3H3. The molecule has 0 amide bonds. The number of rotatable bonds is 3. The third-order valence-electron chi connectivity index (χ3n) is 6.16. The zero-order valence-electron chi connectivity index (χ0n) is 12.2. The Morgan fingerprint density at radius 3 is 2.11 bits per heavy atom. The van der Waals surface area contributed by atoms with Crippen molar-refractivity contribution in [2.24, 2.45) is 23.7 Å². The van der Waals surface area contributed by atoms with Crippen LogP contribution in [0.3, 0.4) is 0 Å². The summed E-state index contributed by atoms with van der Waals surface area (Å²) in [5, 5.41) is 0. The Kier molecular flexibility index (Phi) is 3.16. The van der Waals surface area contributed by atoms with Crippen molar-refractivity contribution in [1.29, 1.82) is 0 Å². The number of carbonyl (C=O) groups excluding carboxylic acids is 1. The number of alkyl halides is 1. The normalized spacial score (nSPS) is 46.9. The van der Waals surface area contributed by atoms with Gasteiger partial charge in [-0.05, 0) is 76.0 Å². The van der Waals surface area contributed by atoms with E-state index in [1.54, 1.807) is 6.92 Å². The van der Waals surface area contributed by atoms with E-state index < -0.39 is 4.87 Å². The van der Waals surface area contributed by atoms with E-state index in [-0.39, 0.29) is 11.6 Å². The summed E-state index contributed by atoms with van der Waals surface area (Å²) in [6, 6.07) is 0. The van der Waals surface area contributed by atoms with Crippen LogP contribution < -0.4 is 0 Å². The third-order valence-corrected chi connectivity index (χ3v) is 6.58. The minimum Gasteiger partial charge on any atom is -0.457 e. The molecule has 0 heterocycles. The highest BCUT2D eigenvalue weighted by atomic mass is 35.5. The first-order valence-corrected chi connectivity index (χ1v) is 8.15. The molecule has 1 atom stereocenters. The molecule has 0 spiro atoms. The summed E-state index contributed by atoms with van der Waals surface area (Å²) in [6.45, 7) is 5.88. The summed E-state index contributed by atoms with van der Waals surface area (Å²) in [5.74, 6) is 2.70. The molecule has 0 aromatic rings. The Bertz CT molecular complexity index is 360. The van der Waals surface area contributed by atoms with E-state index >= 15 is 0 Å². The smallest absolute Gasteiger partial charge is 0.327 e. The maximum atomic E-state index is 12.3. The van der Waals surface area contributed by atoms with Gasteiger partial charge in [0.2, 0.25) is 0 Å². The van der Waals surface area contributed by atoms with Crippen molar-refractivity contribution in [3.63, 3.8) is 0 Å². The molecular formula is C16H25ClO2. The largest absolute Gasteiger partial charge is 0.457 e. The molecule has 3 heteroatoms. The second-order valence-electron chi connectivity index (χ2n) is 7.43. The van der Waals surface area contributed by atoms with Crippen LogP contribution in [-0.2, 0) is 9.53 Å². The van der Waals surface area contributed by atoms with Crippen molar-refractivity contribution >= 4 is 17.6 Å². The fourth-order valence-electron chi connectivity index (χ4n) is 4.74. The van der Waals surface area contributed by atoms with Crippen LogP contribution in [0.1, 0.15) is 59.3 Å². The summed E-state index contributed by atoms with van der Waals surface area (Å²) < 4.78 is 6.00. The molecule has 4 rings (SSSR count). The van der Waals surface area contributed by atoms with Crippen molar-refractivity contribution < 1.29 is 9.53 Å². The maximum Gasteiger partial charge on any atom is 0.327 e. The van der Waals surface area contributed by atoms with E-state index in [9.17, 15) is 4.79 Å². The second kappa shape index (κ2) is 4.38. The molecule has 4 bridgehead atoms. The molecule has 2 nitrogen and oxygen atoms in total. The fourth-order valence-corrected chi connectivity index (χ4v) is 4.78. The van der Waals surface area contributed by atoms with Crippen molar-refractivity contribution in [3.8, 4) is 0 Å². The van der Waals surface area contributed by atoms with Crippen LogP contribution in [0.25, 0.3) is 0 Å². The Balaban J connectivity index is 1.78. The number of esters is 1. The first kappa shape index (κ1) is 13.7. The predicted molar refractivity (Wildman–Crippen MR) is 76.1 cm³/mol. The van der Waals surface area contributed by atoms with Gasteiger partial charge in [0, 0.05) is 0 Å². The molecule has 19 heavy (non-hydrogen) atoms. The molecule has 0 aromatic heterocycles. The number of halogens is 1. The Hall–Kier alpha value is -0.240. The van der Waals surface area contributed by atoms with Crippen molar-refractivity contribution in [3.05, 3.63) is 0 Å². The van der Waals surface area contributed by atoms with Crippen LogP contribution in [0.4, 0.5) is 0 Å². The van der Waals surface area contributed by atoms with Gasteiger partial charge >= 0.3 is 5.97 Å². The van der Waals surface area contributed by atoms with Gasteiger partial charge in [-0.1, -0.05) is 6.92 Å². The lowest BCUT2D eigenvalue weighted by Gasteiger charge is -2.59. The monoisotopic (exact) mass is 284 g/mol. The molecule has 0 N–H and O–H groups in total. The van der Waals surface area contributed by atoms with Crippen LogP contribution >= 0.6 is 11.6 Å². The summed E-state index contributed by atoms with van der Waals surface area (Å²) >= 11 is 6.27. The minimum absolute atomic E-state index is 0.216. The number of hydrogen-bond donors (Lipinski definition) is 0. The van der Waals surface area contributed by atoms with Gasteiger partial charge < -0.3 is 4.74 Å². The Morgan fingerprint density at radius 1 is 1.21 bits per heavy atom. The van der Waals surface area contributed by atoms with Gasteiger partial charge in [-0.3, -0.25) is 4.79 Å². The number of carbonyl (C=O) groups is 1. The van der Waals surface area contributed by atoms with Crippen molar-refractivity contribution in [2.45, 2.75) is 69.8 Å². The van der Waals surface area contributed by atoms with Gasteiger partial charge in [0.15, 0.2) is 0 Å². The quantitative estimate of drug-likeness (QED) is 0.575. The van der Waals surface area contributed by atoms with E-state index in [0.717, 1.165) is 11.8 Å². The highest BCUT2D eigenvalue weighted by Gasteiger charge is 2.57. The lowest BCUT2D eigenvalue weighted by Crippen LogP contribution is -2.59. The van der Waals surface area contributed by atoms with Gasteiger partial charge in [0.1, 0.15) is 10.5 Å². The molecule has 0 aliphatic heterocycles. The first-order valence-electron chi connectivity index (χ1n) is 7.77. The van der Waals surface area contributed by atoms with Crippen LogP contribution in [0, 0.1) is 23.7 Å². The lowest BCUT2D eigenvalue weighted by molar-refractivity contribution is -0.205. The summed E-state index contributed by atoms with van der Waals surface area (Å²) in [6.07, 6.45) is 7.04.